The van der Waals surface area contributed by atoms with Crippen LogP contribution in [0.2, 0.25) is 0 Å². The first kappa shape index (κ1) is 20.2. The quantitative estimate of drug-likeness (QED) is 0.464. The van der Waals surface area contributed by atoms with Crippen LogP contribution >= 0.6 is 15.9 Å². The predicted molar refractivity (Wildman–Crippen MR) is 124 cm³/mol. The van der Waals surface area contributed by atoms with E-state index in [1.807, 2.05) is 18.2 Å². The topological polar surface area (TPSA) is 74.6 Å². The van der Waals surface area contributed by atoms with Gasteiger partial charge in [-0.3, -0.25) is 4.79 Å². The second kappa shape index (κ2) is 8.45. The van der Waals surface area contributed by atoms with Crippen LogP contribution in [0.4, 0.5) is 5.69 Å². The van der Waals surface area contributed by atoms with Crippen molar-refractivity contribution in [2.75, 3.05) is 38.1 Å². The van der Waals surface area contributed by atoms with Crippen molar-refractivity contribution in [2.45, 2.75) is 13.2 Å². The van der Waals surface area contributed by atoms with Crippen molar-refractivity contribution in [3.8, 4) is 0 Å². The Labute approximate surface area is 187 Å². The number of hydrogen-bond donors (Lipinski definition) is 1. The maximum absolute atomic E-state index is 12.4. The molecule has 2 aromatic carbocycles. The summed E-state index contributed by atoms with van der Waals surface area (Å²) in [6, 6.07) is 14.1. The number of nitrogens with one attached hydrogen (secondary N) is 1. The van der Waals surface area contributed by atoms with Crippen molar-refractivity contribution >= 4 is 43.7 Å². The molecule has 0 atom stereocenters. The maximum atomic E-state index is 12.4. The summed E-state index contributed by atoms with van der Waals surface area (Å²) in [6.07, 6.45) is 0. The molecule has 0 radical (unpaired) electrons. The van der Waals surface area contributed by atoms with E-state index in [0.717, 1.165) is 41.6 Å². The van der Waals surface area contributed by atoms with Gasteiger partial charge in [-0.1, -0.05) is 28.1 Å². The maximum Gasteiger partial charge on any atom is 0.294 e. The predicted octanol–water partition coefficient (Wildman–Crippen LogP) is 3.90. The minimum Gasteiger partial charge on any atom is -0.449 e. The van der Waals surface area contributed by atoms with Gasteiger partial charge in [0.05, 0.1) is 6.61 Å². The second-order valence-corrected chi connectivity index (χ2v) is 8.80. The highest BCUT2D eigenvalue weighted by Crippen LogP contribution is 2.27. The Hall–Kier alpha value is -2.68. The van der Waals surface area contributed by atoms with Crippen LogP contribution in [-0.4, -0.2) is 48.1 Å². The number of aromatic amines is 1. The molecule has 7 nitrogen and oxygen atoms in total. The molecule has 0 unspecified atom stereocenters. The summed E-state index contributed by atoms with van der Waals surface area (Å²) in [7, 11) is 2.16. The highest BCUT2D eigenvalue weighted by Gasteiger charge is 2.15. The van der Waals surface area contributed by atoms with Crippen LogP contribution in [0.5, 0.6) is 0 Å². The fourth-order valence-corrected chi connectivity index (χ4v) is 4.24. The molecular weight excluding hydrogens is 460 g/mol. The lowest BCUT2D eigenvalue weighted by Gasteiger charge is -2.34. The number of likely N-dealkylation sites (N-methyl/N-ethyl adjacent to an activating group) is 1. The Morgan fingerprint density at radius 3 is 2.65 bits per heavy atom. The molecule has 0 spiro atoms. The molecule has 4 aromatic rings. The summed E-state index contributed by atoms with van der Waals surface area (Å²) in [5.41, 5.74) is 3.44. The van der Waals surface area contributed by atoms with Crippen molar-refractivity contribution in [3.05, 3.63) is 68.7 Å². The van der Waals surface area contributed by atoms with Gasteiger partial charge in [0, 0.05) is 41.7 Å². The largest absolute Gasteiger partial charge is 0.449 e. The van der Waals surface area contributed by atoms with E-state index in [4.69, 9.17) is 9.15 Å². The van der Waals surface area contributed by atoms with Gasteiger partial charge in [0.1, 0.15) is 23.5 Å². The lowest BCUT2D eigenvalue weighted by molar-refractivity contribution is 0.102. The molecule has 8 heteroatoms. The number of furan rings is 1. The first-order chi connectivity index (χ1) is 15.1. The average Bonchev–Trinajstić information content (AvgIpc) is 3.13. The molecule has 1 saturated heterocycles. The van der Waals surface area contributed by atoms with E-state index in [0.29, 0.717) is 23.5 Å². The fraction of sp³-hybridized carbons (Fsp3) is 0.304. The summed E-state index contributed by atoms with van der Waals surface area (Å²) in [6.45, 7) is 4.93. The van der Waals surface area contributed by atoms with Crippen molar-refractivity contribution in [1.82, 2.24) is 14.9 Å². The van der Waals surface area contributed by atoms with Gasteiger partial charge in [0.25, 0.3) is 5.56 Å². The number of aromatic nitrogens is 2. The third kappa shape index (κ3) is 4.23. The number of anilines is 1. The molecule has 0 saturated carbocycles. The standard InChI is InChI=1S/C23H23BrN4O3/c1-27-8-10-28(11-9-27)17-5-2-15(3-6-17)13-30-14-20-25-21-18-12-16(24)4-7-19(18)31-22(21)23(29)26-20/h2-7,12H,8-11,13-14H2,1H3,(H,25,26,29). The van der Waals surface area contributed by atoms with E-state index < -0.39 is 0 Å². The number of nitrogens with zero attached hydrogens (tertiary/aromatic N) is 3. The van der Waals surface area contributed by atoms with E-state index in [1.54, 1.807) is 0 Å². The van der Waals surface area contributed by atoms with E-state index in [9.17, 15) is 4.79 Å². The Balaban J connectivity index is 1.26. The molecule has 160 valence electrons. The normalized spacial score (nSPS) is 15.2. The highest BCUT2D eigenvalue weighted by molar-refractivity contribution is 9.10. The average molecular weight is 483 g/mol. The van der Waals surface area contributed by atoms with Crippen molar-refractivity contribution in [2.24, 2.45) is 0 Å². The van der Waals surface area contributed by atoms with Crippen LogP contribution in [0.3, 0.4) is 0 Å². The van der Waals surface area contributed by atoms with Gasteiger partial charge in [-0.25, -0.2) is 4.98 Å². The summed E-state index contributed by atoms with van der Waals surface area (Å²) < 4.78 is 12.4. The van der Waals surface area contributed by atoms with Crippen LogP contribution in [0.1, 0.15) is 11.4 Å². The Morgan fingerprint density at radius 2 is 1.87 bits per heavy atom. The minimum absolute atomic E-state index is 0.214. The van der Waals surface area contributed by atoms with E-state index in [2.05, 4.69) is 67.0 Å². The summed E-state index contributed by atoms with van der Waals surface area (Å²) in [5.74, 6) is 0.481. The van der Waals surface area contributed by atoms with Crippen LogP contribution in [0, 0.1) is 0 Å². The van der Waals surface area contributed by atoms with Crippen molar-refractivity contribution < 1.29 is 9.15 Å². The lowest BCUT2D eigenvalue weighted by Crippen LogP contribution is -2.44. The van der Waals surface area contributed by atoms with E-state index in [-0.39, 0.29) is 17.7 Å². The molecule has 1 fully saturated rings. The number of hydrogen-bond acceptors (Lipinski definition) is 6. The Morgan fingerprint density at radius 1 is 1.10 bits per heavy atom. The third-order valence-corrected chi connectivity index (χ3v) is 6.14. The molecule has 1 N–H and O–H groups in total. The molecule has 2 aromatic heterocycles. The van der Waals surface area contributed by atoms with E-state index in [1.165, 1.54) is 5.69 Å². The number of ether oxygens (including phenoxy) is 1. The summed E-state index contributed by atoms with van der Waals surface area (Å²) >= 11 is 3.46. The molecule has 1 aliphatic heterocycles. The van der Waals surface area contributed by atoms with Crippen LogP contribution in [-0.2, 0) is 18.0 Å². The molecule has 0 aliphatic carbocycles. The molecule has 31 heavy (non-hydrogen) atoms. The van der Waals surface area contributed by atoms with Gasteiger partial charge in [-0.2, -0.15) is 0 Å². The van der Waals surface area contributed by atoms with Crippen molar-refractivity contribution in [1.29, 1.82) is 0 Å². The van der Waals surface area contributed by atoms with Crippen LogP contribution < -0.4 is 10.5 Å². The van der Waals surface area contributed by atoms with Gasteiger partial charge in [-0.05, 0) is 42.9 Å². The van der Waals surface area contributed by atoms with Gasteiger partial charge in [-0.15, -0.1) is 0 Å². The number of piperazine rings is 1. The first-order valence-corrected chi connectivity index (χ1v) is 11.1. The number of fused-ring (bicyclic) bond motifs is 3. The zero-order chi connectivity index (χ0) is 21.4. The zero-order valence-electron chi connectivity index (χ0n) is 17.2. The number of H-pyrrole nitrogens is 1. The molecule has 1 aliphatic rings. The van der Waals surface area contributed by atoms with Gasteiger partial charge >= 0.3 is 0 Å². The lowest BCUT2D eigenvalue weighted by atomic mass is 10.2. The molecule has 0 amide bonds. The van der Waals surface area contributed by atoms with Crippen LogP contribution in [0.25, 0.3) is 22.1 Å². The smallest absolute Gasteiger partial charge is 0.294 e. The Bertz CT molecular complexity index is 1270. The summed E-state index contributed by atoms with van der Waals surface area (Å²) in [4.78, 5) is 24.5. The fourth-order valence-electron chi connectivity index (χ4n) is 3.87. The monoisotopic (exact) mass is 482 g/mol. The zero-order valence-corrected chi connectivity index (χ0v) is 18.8. The first-order valence-electron chi connectivity index (χ1n) is 10.3. The van der Waals surface area contributed by atoms with Gasteiger partial charge in [0.2, 0.25) is 5.58 Å². The molecular formula is C23H23BrN4O3. The second-order valence-electron chi connectivity index (χ2n) is 7.88. The number of halogens is 1. The van der Waals surface area contributed by atoms with Crippen molar-refractivity contribution in [3.63, 3.8) is 0 Å². The summed E-state index contributed by atoms with van der Waals surface area (Å²) in [5, 5.41) is 0.802. The number of rotatable bonds is 5. The molecule has 5 rings (SSSR count). The highest BCUT2D eigenvalue weighted by atomic mass is 79.9. The minimum atomic E-state index is -0.299. The molecule has 0 bridgehead atoms. The SMILES string of the molecule is CN1CCN(c2ccc(COCc3nc4c(oc5ccc(Br)cc54)c(=O)[nH]3)cc2)CC1. The molecule has 3 heterocycles. The third-order valence-electron chi connectivity index (χ3n) is 5.65. The Kier molecular flexibility index (Phi) is 5.52. The van der Waals surface area contributed by atoms with Gasteiger partial charge < -0.3 is 23.9 Å². The number of benzene rings is 2. The van der Waals surface area contributed by atoms with E-state index >= 15 is 0 Å². The van der Waals surface area contributed by atoms with Gasteiger partial charge in [0.15, 0.2) is 0 Å². The van der Waals surface area contributed by atoms with Crippen LogP contribution in [0.15, 0.2) is 56.1 Å².